The highest BCUT2D eigenvalue weighted by Crippen LogP contribution is 2.21. The topological polar surface area (TPSA) is 48.1 Å². The second-order valence-electron chi connectivity index (χ2n) is 2.98. The molecule has 3 nitrogen and oxygen atoms in total. The van der Waals surface area contributed by atoms with Crippen molar-refractivity contribution in [3.8, 4) is 5.75 Å². The van der Waals surface area contributed by atoms with Gasteiger partial charge in [0.1, 0.15) is 11.6 Å². The molecule has 0 spiro atoms. The molecule has 2 N–H and O–H groups in total. The average molecular weight is 220 g/mol. The van der Waals surface area contributed by atoms with Crippen molar-refractivity contribution in [2.75, 3.05) is 12.3 Å². The molecule has 0 atom stereocenters. The van der Waals surface area contributed by atoms with E-state index in [1.807, 2.05) is 0 Å². The third-order valence-corrected chi connectivity index (χ3v) is 1.63. The summed E-state index contributed by atoms with van der Waals surface area (Å²) in [5.41, 5.74) is 5.36. The van der Waals surface area contributed by atoms with Crippen LogP contribution in [0, 0.1) is 0 Å². The van der Waals surface area contributed by atoms with Crippen molar-refractivity contribution in [3.63, 3.8) is 0 Å². The van der Waals surface area contributed by atoms with Crippen molar-refractivity contribution in [3.05, 3.63) is 18.3 Å². The highest BCUT2D eigenvalue weighted by molar-refractivity contribution is 5.35. The van der Waals surface area contributed by atoms with Gasteiger partial charge in [-0.05, 0) is 12.5 Å². The summed E-state index contributed by atoms with van der Waals surface area (Å²) in [6.45, 7) is 0.0168. The molecule has 1 aromatic rings. The number of nitrogens with two attached hydrogens (primary N) is 1. The van der Waals surface area contributed by atoms with Crippen molar-refractivity contribution in [1.82, 2.24) is 4.98 Å². The lowest BCUT2D eigenvalue weighted by molar-refractivity contribution is -0.136. The van der Waals surface area contributed by atoms with E-state index in [-0.39, 0.29) is 18.8 Å². The van der Waals surface area contributed by atoms with E-state index in [0.717, 1.165) is 0 Å². The quantitative estimate of drug-likeness (QED) is 0.792. The number of aromatic nitrogens is 1. The normalized spacial score (nSPS) is 11.4. The molecule has 0 aromatic carbocycles. The summed E-state index contributed by atoms with van der Waals surface area (Å²) in [5, 5.41) is 0. The first kappa shape index (κ1) is 11.6. The molecule has 0 aliphatic rings. The van der Waals surface area contributed by atoms with Crippen LogP contribution < -0.4 is 10.5 Å². The van der Waals surface area contributed by atoms with Crippen LogP contribution in [0.1, 0.15) is 12.8 Å². The third kappa shape index (κ3) is 5.09. The first-order valence-electron chi connectivity index (χ1n) is 4.38. The van der Waals surface area contributed by atoms with Crippen LogP contribution in [0.4, 0.5) is 19.0 Å². The highest BCUT2D eigenvalue weighted by Gasteiger charge is 2.26. The zero-order chi connectivity index (χ0) is 11.3. The molecule has 0 radical (unpaired) electrons. The molecule has 15 heavy (non-hydrogen) atoms. The largest absolute Gasteiger partial charge is 0.493 e. The number of alkyl halides is 3. The van der Waals surface area contributed by atoms with Gasteiger partial charge in [-0.25, -0.2) is 4.98 Å². The van der Waals surface area contributed by atoms with E-state index in [0.29, 0.717) is 5.75 Å². The molecule has 84 valence electrons. The fraction of sp³-hybridized carbons (Fsp3) is 0.444. The molecule has 6 heteroatoms. The summed E-state index contributed by atoms with van der Waals surface area (Å²) in [6.07, 6.45) is -3.59. The standard InChI is InChI=1S/C9H11F3N2O/c10-9(11,12)3-1-5-15-7-2-4-14-8(13)6-7/h2,4,6H,1,3,5H2,(H2,13,14). The molecule has 0 saturated carbocycles. The minimum absolute atomic E-state index is 0.0168. The SMILES string of the molecule is Nc1cc(OCCCC(F)(F)F)ccn1. The number of pyridine rings is 1. The van der Waals surface area contributed by atoms with Crippen molar-refractivity contribution < 1.29 is 17.9 Å². The lowest BCUT2D eigenvalue weighted by Crippen LogP contribution is -2.09. The number of anilines is 1. The summed E-state index contributed by atoms with van der Waals surface area (Å²) in [5.74, 6) is 0.716. The number of nitrogen functional groups attached to an aromatic ring is 1. The summed E-state index contributed by atoms with van der Waals surface area (Å²) in [4.78, 5) is 3.73. The average Bonchev–Trinajstić information content (AvgIpc) is 2.11. The maximum absolute atomic E-state index is 11.8. The van der Waals surface area contributed by atoms with Gasteiger partial charge in [-0.15, -0.1) is 0 Å². The molecule has 0 bridgehead atoms. The molecule has 0 amide bonds. The first-order chi connectivity index (χ1) is 6.97. The number of hydrogen-bond acceptors (Lipinski definition) is 3. The lowest BCUT2D eigenvalue weighted by atomic mass is 10.3. The summed E-state index contributed by atoms with van der Waals surface area (Å²) in [7, 11) is 0. The van der Waals surface area contributed by atoms with E-state index in [1.54, 1.807) is 6.07 Å². The van der Waals surface area contributed by atoms with Gasteiger partial charge < -0.3 is 10.5 Å². The van der Waals surface area contributed by atoms with E-state index in [4.69, 9.17) is 10.5 Å². The van der Waals surface area contributed by atoms with Gasteiger partial charge in [-0.3, -0.25) is 0 Å². The van der Waals surface area contributed by atoms with Crippen molar-refractivity contribution >= 4 is 5.82 Å². The van der Waals surface area contributed by atoms with E-state index in [9.17, 15) is 13.2 Å². The molecule has 1 rings (SSSR count). The van der Waals surface area contributed by atoms with Gasteiger partial charge in [0.2, 0.25) is 0 Å². The fourth-order valence-electron chi connectivity index (χ4n) is 0.980. The molecular formula is C9H11F3N2O. The molecular weight excluding hydrogens is 209 g/mol. The summed E-state index contributed by atoms with van der Waals surface area (Å²) in [6, 6.07) is 3.01. The molecule has 0 unspecified atom stereocenters. The Kier molecular flexibility index (Phi) is 3.76. The van der Waals surface area contributed by atoms with Gasteiger partial charge in [0, 0.05) is 18.7 Å². The van der Waals surface area contributed by atoms with Gasteiger partial charge in [-0.2, -0.15) is 13.2 Å². The highest BCUT2D eigenvalue weighted by atomic mass is 19.4. The van der Waals surface area contributed by atoms with Crippen LogP contribution in [0.5, 0.6) is 5.75 Å². The molecule has 0 aliphatic heterocycles. The van der Waals surface area contributed by atoms with Crippen LogP contribution in [0.3, 0.4) is 0 Å². The fourth-order valence-corrected chi connectivity index (χ4v) is 0.980. The smallest absolute Gasteiger partial charge is 0.389 e. The van der Waals surface area contributed by atoms with Crippen LogP contribution >= 0.6 is 0 Å². The summed E-state index contributed by atoms with van der Waals surface area (Å²) >= 11 is 0. The first-order valence-corrected chi connectivity index (χ1v) is 4.38. The maximum atomic E-state index is 11.8. The second-order valence-corrected chi connectivity index (χ2v) is 2.98. The molecule has 0 fully saturated rings. The Hall–Kier alpha value is -1.46. The Morgan fingerprint density at radius 2 is 2.13 bits per heavy atom. The zero-order valence-corrected chi connectivity index (χ0v) is 7.92. The molecule has 1 aromatic heterocycles. The molecule has 0 saturated heterocycles. The van der Waals surface area contributed by atoms with Crippen LogP contribution in [-0.4, -0.2) is 17.8 Å². The van der Waals surface area contributed by atoms with E-state index >= 15 is 0 Å². The van der Waals surface area contributed by atoms with E-state index < -0.39 is 12.6 Å². The van der Waals surface area contributed by atoms with E-state index in [1.165, 1.54) is 12.3 Å². The Labute approximate surface area is 85.1 Å². The Morgan fingerprint density at radius 1 is 1.40 bits per heavy atom. The predicted molar refractivity (Wildman–Crippen MR) is 49.4 cm³/mol. The predicted octanol–water partition coefficient (Wildman–Crippen LogP) is 2.39. The van der Waals surface area contributed by atoms with Crippen LogP contribution in [0.15, 0.2) is 18.3 Å². The van der Waals surface area contributed by atoms with Crippen molar-refractivity contribution in [2.24, 2.45) is 0 Å². The van der Waals surface area contributed by atoms with Crippen LogP contribution in [0.25, 0.3) is 0 Å². The summed E-state index contributed by atoms with van der Waals surface area (Å²) < 4.78 is 40.3. The zero-order valence-electron chi connectivity index (χ0n) is 7.92. The van der Waals surface area contributed by atoms with E-state index in [2.05, 4.69) is 4.98 Å². The molecule has 1 heterocycles. The number of rotatable bonds is 4. The Morgan fingerprint density at radius 3 is 2.73 bits per heavy atom. The Bertz CT molecular complexity index is 314. The van der Waals surface area contributed by atoms with Crippen LogP contribution in [0.2, 0.25) is 0 Å². The number of nitrogens with zero attached hydrogens (tertiary/aromatic N) is 1. The van der Waals surface area contributed by atoms with Crippen LogP contribution in [-0.2, 0) is 0 Å². The van der Waals surface area contributed by atoms with Gasteiger partial charge in [0.25, 0.3) is 0 Å². The monoisotopic (exact) mass is 220 g/mol. The Balaban J connectivity index is 2.26. The third-order valence-electron chi connectivity index (χ3n) is 1.63. The minimum atomic E-state index is -4.12. The van der Waals surface area contributed by atoms with Gasteiger partial charge in [-0.1, -0.05) is 0 Å². The number of ether oxygens (including phenoxy) is 1. The van der Waals surface area contributed by atoms with Crippen molar-refractivity contribution in [2.45, 2.75) is 19.0 Å². The van der Waals surface area contributed by atoms with Gasteiger partial charge in [0.15, 0.2) is 0 Å². The number of halogens is 3. The second kappa shape index (κ2) is 4.86. The maximum Gasteiger partial charge on any atom is 0.389 e. The molecule has 0 aliphatic carbocycles. The lowest BCUT2D eigenvalue weighted by Gasteiger charge is -2.08. The van der Waals surface area contributed by atoms with Crippen molar-refractivity contribution in [1.29, 1.82) is 0 Å². The number of hydrogen-bond donors (Lipinski definition) is 1. The minimum Gasteiger partial charge on any atom is -0.493 e. The van der Waals surface area contributed by atoms with Gasteiger partial charge in [0.05, 0.1) is 6.61 Å². The van der Waals surface area contributed by atoms with Gasteiger partial charge >= 0.3 is 6.18 Å².